The molecule has 3 heteroatoms. The molecule has 0 bridgehead atoms. The predicted octanol–water partition coefficient (Wildman–Crippen LogP) is 1.54. The molecule has 0 saturated carbocycles. The zero-order valence-electron chi connectivity index (χ0n) is 8.83. The van der Waals surface area contributed by atoms with Gasteiger partial charge in [-0.2, -0.15) is 35.4 Å². The summed E-state index contributed by atoms with van der Waals surface area (Å²) in [6, 6.07) is 9.15. The topological polar surface area (TPSA) is 46.2 Å². The Balaban J connectivity index is 0.00000112. The van der Waals surface area contributed by atoms with E-state index in [1.54, 1.807) is 0 Å². The number of aliphatic hydroxyl groups excluding tert-OH is 1. The second-order valence-corrected chi connectivity index (χ2v) is 4.46. The number of hydrogen-bond acceptors (Lipinski definition) is 2. The first-order valence-corrected chi connectivity index (χ1v) is 5.01. The smallest absolute Gasteiger partial charge is 0.0611 e. The van der Waals surface area contributed by atoms with Crippen LogP contribution in [0.5, 0.6) is 0 Å². The molecular formula is C13H20NORe-. The van der Waals surface area contributed by atoms with Gasteiger partial charge in [0.05, 0.1) is 6.61 Å². The van der Waals surface area contributed by atoms with Gasteiger partial charge in [-0.3, -0.25) is 0 Å². The first-order chi connectivity index (χ1) is 6.63. The van der Waals surface area contributed by atoms with Gasteiger partial charge in [0.1, 0.15) is 0 Å². The van der Waals surface area contributed by atoms with E-state index >= 15 is 0 Å². The molecule has 0 fully saturated rings. The molecule has 0 spiro atoms. The molecule has 1 radical (unpaired) electrons. The normalized spacial score (nSPS) is 21.3. The van der Waals surface area contributed by atoms with E-state index in [2.05, 4.69) is 12.1 Å². The zero-order valence-corrected chi connectivity index (χ0v) is 11.5. The Bertz CT molecular complexity index is 313. The summed E-state index contributed by atoms with van der Waals surface area (Å²) >= 11 is 0. The quantitative estimate of drug-likeness (QED) is 0.750. The minimum absolute atomic E-state index is 0. The first-order valence-electron chi connectivity index (χ1n) is 5.01. The Morgan fingerprint density at radius 2 is 2.12 bits per heavy atom. The van der Waals surface area contributed by atoms with Gasteiger partial charge < -0.3 is 10.8 Å². The van der Waals surface area contributed by atoms with Gasteiger partial charge >= 0.3 is 0 Å². The Hall–Kier alpha value is -0.198. The Morgan fingerprint density at radius 1 is 1.50 bits per heavy atom. The van der Waals surface area contributed by atoms with Crippen molar-refractivity contribution in [3.05, 3.63) is 35.4 Å². The maximum atomic E-state index is 9.20. The summed E-state index contributed by atoms with van der Waals surface area (Å²) in [5.41, 5.74) is 8.28. The maximum Gasteiger partial charge on any atom is 0.0611 e. The van der Waals surface area contributed by atoms with Crippen molar-refractivity contribution in [2.45, 2.75) is 32.7 Å². The van der Waals surface area contributed by atoms with Crippen molar-refractivity contribution >= 4 is 0 Å². The number of fused-ring (bicyclic) bond motifs is 1. The monoisotopic (exact) mass is 393 g/mol. The molecule has 16 heavy (non-hydrogen) atoms. The van der Waals surface area contributed by atoms with Crippen LogP contribution in [0, 0.1) is 12.0 Å². The van der Waals surface area contributed by atoms with E-state index in [4.69, 9.17) is 5.73 Å². The minimum Gasteiger partial charge on any atom is -0.394 e. The summed E-state index contributed by atoms with van der Waals surface area (Å²) in [4.78, 5) is 0. The van der Waals surface area contributed by atoms with Crippen LogP contribution >= 0.6 is 0 Å². The van der Waals surface area contributed by atoms with E-state index in [1.807, 2.05) is 19.1 Å². The van der Waals surface area contributed by atoms with Gasteiger partial charge in [0, 0.05) is 26.0 Å². The summed E-state index contributed by atoms with van der Waals surface area (Å²) in [5.74, 6) is 0.360. The minimum atomic E-state index is -0.459. The van der Waals surface area contributed by atoms with Crippen molar-refractivity contribution in [1.82, 2.24) is 0 Å². The van der Waals surface area contributed by atoms with E-state index in [0.717, 1.165) is 12.8 Å². The average Bonchev–Trinajstić information content (AvgIpc) is 2.61. The molecule has 2 unspecified atom stereocenters. The van der Waals surface area contributed by atoms with Gasteiger partial charge in [-0.25, -0.2) is 0 Å². The first kappa shape index (κ1) is 15.8. The molecule has 0 amide bonds. The number of nitrogens with two attached hydrogens (primary N) is 1. The Morgan fingerprint density at radius 3 is 2.69 bits per heavy atom. The van der Waals surface area contributed by atoms with Crippen molar-refractivity contribution in [2.24, 2.45) is 11.7 Å². The van der Waals surface area contributed by atoms with Crippen LogP contribution in [0.1, 0.15) is 25.5 Å². The van der Waals surface area contributed by atoms with Crippen LogP contribution in [-0.4, -0.2) is 17.3 Å². The summed E-state index contributed by atoms with van der Waals surface area (Å²) in [5, 5.41) is 9.20. The fourth-order valence-corrected chi connectivity index (χ4v) is 2.08. The molecule has 0 aliphatic heterocycles. The second kappa shape index (κ2) is 5.93. The van der Waals surface area contributed by atoms with E-state index < -0.39 is 5.54 Å². The standard InChI is InChI=1S/C12H16NO.CH4.Re/c1-12(13,8-14)11-6-9-4-2-3-5-10(9)7-11;;/h2,4-5,11,14H,6-8,13H2,1H3;1H4;/q-1;;. The molecule has 2 nitrogen and oxygen atoms in total. The maximum absolute atomic E-state index is 9.20. The molecule has 0 aromatic heterocycles. The van der Waals surface area contributed by atoms with E-state index in [-0.39, 0.29) is 34.5 Å². The number of hydrogen-bond donors (Lipinski definition) is 2. The Kier molecular flexibility index (Phi) is 5.86. The van der Waals surface area contributed by atoms with Gasteiger partial charge in [0.2, 0.25) is 0 Å². The van der Waals surface area contributed by atoms with Crippen LogP contribution < -0.4 is 5.73 Å². The Labute approximate surface area is 112 Å². The van der Waals surface area contributed by atoms with Crippen molar-refractivity contribution < 1.29 is 25.5 Å². The summed E-state index contributed by atoms with van der Waals surface area (Å²) in [6.07, 6.45) is 1.96. The van der Waals surface area contributed by atoms with Crippen molar-refractivity contribution in [2.75, 3.05) is 6.61 Å². The molecule has 0 heterocycles. The van der Waals surface area contributed by atoms with Crippen LogP contribution in [0.3, 0.4) is 0 Å². The van der Waals surface area contributed by atoms with Crippen LogP contribution in [0.25, 0.3) is 0 Å². The summed E-state index contributed by atoms with van der Waals surface area (Å²) in [7, 11) is 0. The van der Waals surface area contributed by atoms with E-state index in [9.17, 15) is 5.11 Å². The van der Waals surface area contributed by atoms with Crippen molar-refractivity contribution in [1.29, 1.82) is 0 Å². The van der Waals surface area contributed by atoms with Gasteiger partial charge in [0.15, 0.2) is 0 Å². The molecule has 91 valence electrons. The molecule has 2 atom stereocenters. The van der Waals surface area contributed by atoms with Crippen molar-refractivity contribution in [3.63, 3.8) is 0 Å². The van der Waals surface area contributed by atoms with Crippen LogP contribution in [0.15, 0.2) is 18.2 Å². The molecule has 1 aromatic carbocycles. The van der Waals surface area contributed by atoms with Gasteiger partial charge in [-0.05, 0) is 19.3 Å². The zero-order chi connectivity index (χ0) is 10.2. The average molecular weight is 393 g/mol. The summed E-state index contributed by atoms with van der Waals surface area (Å²) in [6.45, 7) is 1.97. The second-order valence-electron chi connectivity index (χ2n) is 4.46. The fourth-order valence-electron chi connectivity index (χ4n) is 2.08. The van der Waals surface area contributed by atoms with E-state index in [1.165, 1.54) is 11.1 Å². The molecule has 1 aliphatic rings. The number of benzene rings is 1. The predicted molar refractivity (Wildman–Crippen MR) is 62.6 cm³/mol. The van der Waals surface area contributed by atoms with Crippen molar-refractivity contribution in [3.8, 4) is 0 Å². The molecule has 2 rings (SSSR count). The van der Waals surface area contributed by atoms with Crippen LogP contribution in [-0.2, 0) is 33.3 Å². The third-order valence-electron chi connectivity index (χ3n) is 3.26. The molecule has 3 N–H and O–H groups in total. The van der Waals surface area contributed by atoms with Gasteiger partial charge in [-0.1, -0.05) is 13.8 Å². The van der Waals surface area contributed by atoms with Gasteiger partial charge in [0.25, 0.3) is 0 Å². The number of rotatable bonds is 2. The molecule has 1 aromatic rings. The fraction of sp³-hybridized carbons (Fsp3) is 0.538. The van der Waals surface area contributed by atoms with Crippen LogP contribution in [0.2, 0.25) is 0 Å². The SMILES string of the molecule is C.CC(N)(CO)C1Cc2c[c-]ccc2C1.[Re]. The van der Waals surface area contributed by atoms with Gasteiger partial charge in [-0.15, -0.1) is 0 Å². The summed E-state index contributed by atoms with van der Waals surface area (Å²) < 4.78 is 0. The number of aliphatic hydroxyl groups is 1. The molecule has 0 saturated heterocycles. The van der Waals surface area contributed by atoms with E-state index in [0.29, 0.717) is 5.92 Å². The third-order valence-corrected chi connectivity index (χ3v) is 3.26. The largest absolute Gasteiger partial charge is 0.394 e. The molecular weight excluding hydrogens is 372 g/mol. The van der Waals surface area contributed by atoms with Crippen LogP contribution in [0.4, 0.5) is 0 Å². The third kappa shape index (κ3) is 2.93. The molecule has 1 aliphatic carbocycles.